The summed E-state index contributed by atoms with van der Waals surface area (Å²) in [6.07, 6.45) is 0. The quantitative estimate of drug-likeness (QED) is 0.600. The highest BCUT2D eigenvalue weighted by atomic mass is 35.5. The number of esters is 1. The first-order valence-corrected chi connectivity index (χ1v) is 8.66. The minimum Gasteiger partial charge on any atom is -0.467 e. The fourth-order valence-corrected chi connectivity index (χ4v) is 4.18. The summed E-state index contributed by atoms with van der Waals surface area (Å²) < 4.78 is 20.3. The van der Waals surface area contributed by atoms with Gasteiger partial charge in [-0.2, -0.15) is 0 Å². The molecule has 0 N–H and O–H groups in total. The predicted octanol–water partition coefficient (Wildman–Crippen LogP) is 2.97. The van der Waals surface area contributed by atoms with E-state index in [0.29, 0.717) is 5.02 Å². The number of aryl methyl sites for hydroxylation is 1. The molecule has 1 heterocycles. The zero-order valence-corrected chi connectivity index (χ0v) is 15.3. The van der Waals surface area contributed by atoms with Gasteiger partial charge in [0.05, 0.1) is 12.8 Å². The first kappa shape index (κ1) is 17.7. The van der Waals surface area contributed by atoms with Crippen LogP contribution in [0.4, 0.5) is 10.1 Å². The number of methoxy groups -OCH3 is 1. The number of alkyl halides is 1. The van der Waals surface area contributed by atoms with Crippen molar-refractivity contribution < 1.29 is 23.5 Å². The number of anilines is 1. The van der Waals surface area contributed by atoms with E-state index in [4.69, 9.17) is 11.6 Å². The molecule has 2 fully saturated rings. The Balaban J connectivity index is 1.87. The molecule has 7 heteroatoms. The number of amides is 2. The summed E-state index contributed by atoms with van der Waals surface area (Å²) in [6, 6.07) is 12.6. The first-order valence-electron chi connectivity index (χ1n) is 8.28. The Morgan fingerprint density at radius 3 is 2.26 bits per heavy atom. The van der Waals surface area contributed by atoms with Crippen LogP contribution >= 0.6 is 11.6 Å². The average Bonchev–Trinajstić information content (AvgIpc) is 3.15. The van der Waals surface area contributed by atoms with Gasteiger partial charge in [-0.15, -0.1) is 0 Å². The van der Waals surface area contributed by atoms with Crippen LogP contribution in [0.5, 0.6) is 0 Å². The van der Waals surface area contributed by atoms with Crippen LogP contribution in [0.15, 0.2) is 48.5 Å². The van der Waals surface area contributed by atoms with Crippen molar-refractivity contribution in [1.82, 2.24) is 0 Å². The molecule has 2 aromatic carbocycles. The van der Waals surface area contributed by atoms with E-state index in [1.165, 1.54) is 24.3 Å². The topological polar surface area (TPSA) is 63.7 Å². The minimum atomic E-state index is -2.71. The maximum absolute atomic E-state index is 15.7. The molecule has 1 aliphatic carbocycles. The van der Waals surface area contributed by atoms with Gasteiger partial charge in [0.1, 0.15) is 11.3 Å². The number of carbonyl (C=O) groups is 3. The monoisotopic (exact) mass is 387 g/mol. The van der Waals surface area contributed by atoms with E-state index in [1.807, 2.05) is 6.92 Å². The number of hydrogen-bond donors (Lipinski definition) is 0. The molecular weight excluding hydrogens is 373 g/mol. The summed E-state index contributed by atoms with van der Waals surface area (Å²) in [5, 5.41) is 0.436. The second-order valence-electron chi connectivity index (χ2n) is 6.77. The highest BCUT2D eigenvalue weighted by molar-refractivity contribution is 6.34. The van der Waals surface area contributed by atoms with Crippen molar-refractivity contribution in [1.29, 1.82) is 0 Å². The minimum absolute atomic E-state index is 0.278. The molecule has 1 saturated carbocycles. The van der Waals surface area contributed by atoms with Crippen LogP contribution in [-0.4, -0.2) is 30.6 Å². The number of halogens is 2. The van der Waals surface area contributed by atoms with E-state index in [2.05, 4.69) is 4.74 Å². The largest absolute Gasteiger partial charge is 0.467 e. The van der Waals surface area contributed by atoms with Crippen molar-refractivity contribution in [2.75, 3.05) is 12.0 Å². The number of rotatable bonds is 3. The predicted molar refractivity (Wildman–Crippen MR) is 96.1 cm³/mol. The lowest BCUT2D eigenvalue weighted by molar-refractivity contribution is -0.152. The van der Waals surface area contributed by atoms with E-state index >= 15 is 4.39 Å². The third-order valence-electron chi connectivity index (χ3n) is 5.40. The molecule has 1 aliphatic heterocycles. The second-order valence-corrected chi connectivity index (χ2v) is 7.20. The zero-order chi connectivity index (χ0) is 19.6. The van der Waals surface area contributed by atoms with Gasteiger partial charge in [-0.1, -0.05) is 41.4 Å². The number of ether oxygens (including phenoxy) is 1. The number of fused-ring (bicyclic) bond motifs is 1. The van der Waals surface area contributed by atoms with Crippen molar-refractivity contribution in [2.45, 2.75) is 18.0 Å². The van der Waals surface area contributed by atoms with E-state index in [9.17, 15) is 14.4 Å². The normalized spacial score (nSPS) is 28.9. The smallest absolute Gasteiger partial charge is 0.346 e. The highest BCUT2D eigenvalue weighted by Crippen LogP contribution is 2.71. The van der Waals surface area contributed by atoms with Crippen molar-refractivity contribution in [3.05, 3.63) is 64.7 Å². The van der Waals surface area contributed by atoms with Crippen molar-refractivity contribution >= 4 is 35.1 Å². The van der Waals surface area contributed by atoms with Gasteiger partial charge in [-0.05, 0) is 36.8 Å². The summed E-state index contributed by atoms with van der Waals surface area (Å²) in [5.74, 6) is -4.22. The lowest BCUT2D eigenvalue weighted by Crippen LogP contribution is -2.46. The third kappa shape index (κ3) is 2.02. The molecule has 5 nitrogen and oxygen atoms in total. The zero-order valence-electron chi connectivity index (χ0n) is 14.5. The maximum Gasteiger partial charge on any atom is 0.346 e. The van der Waals surface area contributed by atoms with Crippen LogP contribution < -0.4 is 4.90 Å². The number of benzene rings is 2. The van der Waals surface area contributed by atoms with Gasteiger partial charge in [0.15, 0.2) is 0 Å². The Labute approximate surface area is 159 Å². The SMILES string of the molecule is COC(=O)C1(F)C2C(=O)N(c3ccc(Cl)cc3)C(=O)C21c1ccc(C)cc1. The molecule has 0 radical (unpaired) electrons. The molecule has 138 valence electrons. The molecule has 2 amide bonds. The summed E-state index contributed by atoms with van der Waals surface area (Å²) >= 11 is 5.86. The van der Waals surface area contributed by atoms with Gasteiger partial charge < -0.3 is 4.74 Å². The maximum atomic E-state index is 15.7. The van der Waals surface area contributed by atoms with Crippen LogP contribution in [0.3, 0.4) is 0 Å². The summed E-state index contributed by atoms with van der Waals surface area (Å²) in [6.45, 7) is 1.84. The van der Waals surface area contributed by atoms with Gasteiger partial charge in [0, 0.05) is 5.02 Å². The molecule has 2 aromatic rings. The molecule has 0 spiro atoms. The highest BCUT2D eigenvalue weighted by Gasteiger charge is 2.94. The molecule has 0 bridgehead atoms. The molecule has 1 saturated heterocycles. The first-order chi connectivity index (χ1) is 12.8. The summed E-state index contributed by atoms with van der Waals surface area (Å²) in [5.41, 5.74) is -3.17. The fraction of sp³-hybridized carbons (Fsp3) is 0.250. The molecular formula is C20H15ClFNO4. The van der Waals surface area contributed by atoms with Gasteiger partial charge >= 0.3 is 5.97 Å². The fourth-order valence-electron chi connectivity index (χ4n) is 4.06. The van der Waals surface area contributed by atoms with Crippen LogP contribution in [0.25, 0.3) is 0 Å². The van der Waals surface area contributed by atoms with Gasteiger partial charge in [-0.3, -0.25) is 9.59 Å². The molecule has 0 aromatic heterocycles. The van der Waals surface area contributed by atoms with E-state index in [0.717, 1.165) is 17.6 Å². The van der Waals surface area contributed by atoms with E-state index in [-0.39, 0.29) is 11.3 Å². The lowest BCUT2D eigenvalue weighted by atomic mass is 9.90. The number of piperidine rings is 1. The van der Waals surface area contributed by atoms with Gasteiger partial charge in [0.25, 0.3) is 0 Å². The van der Waals surface area contributed by atoms with Crippen LogP contribution in [0, 0.1) is 12.8 Å². The number of imide groups is 1. The molecule has 2 aliphatic rings. The van der Waals surface area contributed by atoms with Crippen molar-refractivity contribution in [3.8, 4) is 0 Å². The van der Waals surface area contributed by atoms with Crippen LogP contribution in [0.1, 0.15) is 11.1 Å². The summed E-state index contributed by atoms with van der Waals surface area (Å²) in [4.78, 5) is 39.4. The van der Waals surface area contributed by atoms with E-state index < -0.39 is 34.8 Å². The second kappa shape index (κ2) is 5.63. The third-order valence-corrected chi connectivity index (χ3v) is 5.66. The Kier molecular flexibility index (Phi) is 3.69. The Hall–Kier alpha value is -2.73. The van der Waals surface area contributed by atoms with E-state index in [1.54, 1.807) is 24.3 Å². The number of carbonyl (C=O) groups excluding carboxylic acids is 3. The average molecular weight is 388 g/mol. The van der Waals surface area contributed by atoms with Crippen LogP contribution in [0.2, 0.25) is 5.02 Å². The Bertz CT molecular complexity index is 974. The van der Waals surface area contributed by atoms with Gasteiger partial charge in [-0.25, -0.2) is 14.1 Å². The lowest BCUT2D eigenvalue weighted by Gasteiger charge is -2.24. The molecule has 4 rings (SSSR count). The Morgan fingerprint density at radius 2 is 1.70 bits per heavy atom. The molecule has 27 heavy (non-hydrogen) atoms. The van der Waals surface area contributed by atoms with Crippen molar-refractivity contribution in [3.63, 3.8) is 0 Å². The summed E-state index contributed by atoms with van der Waals surface area (Å²) in [7, 11) is 1.03. The Morgan fingerprint density at radius 1 is 1.11 bits per heavy atom. The molecule has 3 unspecified atom stereocenters. The number of nitrogens with zero attached hydrogens (tertiary/aromatic N) is 1. The van der Waals surface area contributed by atoms with Crippen LogP contribution in [-0.2, 0) is 24.5 Å². The number of hydrogen-bond acceptors (Lipinski definition) is 4. The molecule has 3 atom stereocenters. The van der Waals surface area contributed by atoms with Gasteiger partial charge in [0.2, 0.25) is 17.5 Å². The van der Waals surface area contributed by atoms with Crippen molar-refractivity contribution in [2.24, 2.45) is 5.92 Å². The standard InChI is InChI=1S/C20H15ClFNO4/c1-11-3-5-12(6-4-11)19-15(20(19,22)18(26)27-2)16(24)23(17(19)25)14-9-7-13(21)8-10-14/h3-10,15H,1-2H3.